The van der Waals surface area contributed by atoms with E-state index in [1.54, 1.807) is 48.5 Å². The second kappa shape index (κ2) is 10.6. The van der Waals surface area contributed by atoms with Crippen molar-refractivity contribution in [1.29, 1.82) is 0 Å². The molecule has 3 N–H and O–H groups in total. The zero-order chi connectivity index (χ0) is 26.7. The lowest BCUT2D eigenvalue weighted by Gasteiger charge is -2.12. The first-order valence-corrected chi connectivity index (χ1v) is 12.9. The number of anilines is 1. The second-order valence-corrected chi connectivity index (χ2v) is 9.75. The molecule has 0 fully saturated rings. The van der Waals surface area contributed by atoms with E-state index in [0.717, 1.165) is 0 Å². The number of nitrogens with zero attached hydrogens (tertiary/aromatic N) is 2. The number of halogens is 1. The fourth-order valence-corrected chi connectivity index (χ4v) is 4.93. The summed E-state index contributed by atoms with van der Waals surface area (Å²) in [4.78, 5) is 12.5. The number of hydrogen-bond donors (Lipinski definition) is 3. The summed E-state index contributed by atoms with van der Waals surface area (Å²) in [6.07, 6.45) is 0.517. The van der Waals surface area contributed by atoms with Crippen LogP contribution in [-0.2, 0) is 16.5 Å². The van der Waals surface area contributed by atoms with Crippen LogP contribution in [0.4, 0.5) is 17.1 Å². The number of azo groups is 1. The minimum absolute atomic E-state index is 0.0581. The highest BCUT2D eigenvalue weighted by atomic mass is 35.5. The topological polar surface area (TPSA) is 138 Å². The summed E-state index contributed by atoms with van der Waals surface area (Å²) in [5, 5.41) is 22.7. The number of methoxy groups -OCH3 is 1. The molecule has 190 valence electrons. The smallest absolute Gasteiger partial charge is 0.298 e. The van der Waals surface area contributed by atoms with Crippen LogP contribution in [0.3, 0.4) is 0 Å². The molecule has 4 rings (SSSR count). The van der Waals surface area contributed by atoms with Crippen molar-refractivity contribution in [3.05, 3.63) is 82.9 Å². The number of ether oxygens (including phenoxy) is 1. The first kappa shape index (κ1) is 26.1. The van der Waals surface area contributed by atoms with Crippen molar-refractivity contribution in [1.82, 2.24) is 0 Å². The molecule has 0 aromatic heterocycles. The van der Waals surface area contributed by atoms with Gasteiger partial charge in [-0.1, -0.05) is 42.8 Å². The maximum atomic E-state index is 13.1. The fraction of sp³-hybridized carbons (Fsp3) is 0.115. The van der Waals surface area contributed by atoms with Gasteiger partial charge in [0.25, 0.3) is 16.0 Å². The van der Waals surface area contributed by atoms with Crippen LogP contribution in [0.1, 0.15) is 22.8 Å². The average molecular weight is 540 g/mol. The molecule has 4 aromatic carbocycles. The van der Waals surface area contributed by atoms with Crippen LogP contribution in [0.25, 0.3) is 10.8 Å². The molecule has 0 bridgehead atoms. The standard InChI is InChI=1S/C26H22ClN3O6S/c1-3-15-12-21(27)25(37(33,34)35)22(13-15)29-30-23-19-7-5-4-6-16(19)14-20(24(23)31)26(32)28-17-8-10-18(36-2)11-9-17/h4-14,31H,3H2,1-2H3,(H,28,32)(H,33,34,35). The van der Waals surface area contributed by atoms with Crippen molar-refractivity contribution >= 4 is 55.5 Å². The zero-order valence-corrected chi connectivity index (χ0v) is 21.3. The summed E-state index contributed by atoms with van der Waals surface area (Å²) in [6.45, 7) is 1.84. The van der Waals surface area contributed by atoms with Gasteiger partial charge in [-0.15, -0.1) is 10.2 Å². The van der Waals surface area contributed by atoms with E-state index in [2.05, 4.69) is 15.5 Å². The van der Waals surface area contributed by atoms with Crippen molar-refractivity contribution in [2.45, 2.75) is 18.2 Å². The molecule has 1 amide bonds. The van der Waals surface area contributed by atoms with Gasteiger partial charge in [0.05, 0.1) is 17.7 Å². The quantitative estimate of drug-likeness (QED) is 0.177. The number of phenols is 1. The predicted molar refractivity (Wildman–Crippen MR) is 141 cm³/mol. The van der Waals surface area contributed by atoms with Gasteiger partial charge in [0.1, 0.15) is 22.0 Å². The highest BCUT2D eigenvalue weighted by Gasteiger charge is 2.22. The molecule has 0 atom stereocenters. The highest BCUT2D eigenvalue weighted by molar-refractivity contribution is 7.86. The van der Waals surface area contributed by atoms with E-state index >= 15 is 0 Å². The number of carbonyl (C=O) groups excluding carboxylic acids is 1. The molecule has 0 aliphatic heterocycles. The van der Waals surface area contributed by atoms with Gasteiger partial charge < -0.3 is 15.2 Å². The summed E-state index contributed by atoms with van der Waals surface area (Å²) < 4.78 is 38.8. The second-order valence-electron chi connectivity index (χ2n) is 7.98. The lowest BCUT2D eigenvalue weighted by molar-refractivity contribution is 0.102. The van der Waals surface area contributed by atoms with Crippen LogP contribution in [0.2, 0.25) is 5.02 Å². The van der Waals surface area contributed by atoms with Gasteiger partial charge in [-0.05, 0) is 59.8 Å². The largest absolute Gasteiger partial charge is 0.505 e. The van der Waals surface area contributed by atoms with E-state index in [1.165, 1.54) is 25.3 Å². The molecular formula is C26H22ClN3O6S. The predicted octanol–water partition coefficient (Wildman–Crippen LogP) is 6.68. The van der Waals surface area contributed by atoms with Gasteiger partial charge in [0.2, 0.25) is 0 Å². The Kier molecular flexibility index (Phi) is 7.44. The summed E-state index contributed by atoms with van der Waals surface area (Å²) in [5.74, 6) is -0.440. The van der Waals surface area contributed by atoms with Crippen molar-refractivity contribution in [3.8, 4) is 11.5 Å². The molecule has 0 unspecified atom stereocenters. The molecule has 37 heavy (non-hydrogen) atoms. The number of benzene rings is 4. The van der Waals surface area contributed by atoms with Gasteiger partial charge >= 0.3 is 0 Å². The molecule has 4 aromatic rings. The van der Waals surface area contributed by atoms with E-state index in [1.807, 2.05) is 6.92 Å². The van der Waals surface area contributed by atoms with Crippen molar-refractivity contribution in [2.24, 2.45) is 10.2 Å². The van der Waals surface area contributed by atoms with Crippen LogP contribution in [0, 0.1) is 0 Å². The van der Waals surface area contributed by atoms with E-state index in [0.29, 0.717) is 34.2 Å². The third-order valence-electron chi connectivity index (χ3n) is 5.60. The number of amides is 1. The number of nitrogens with one attached hydrogen (secondary N) is 1. The van der Waals surface area contributed by atoms with Crippen LogP contribution in [0.5, 0.6) is 11.5 Å². The fourth-order valence-electron chi connectivity index (χ4n) is 3.74. The van der Waals surface area contributed by atoms with Crippen LogP contribution in [-0.4, -0.2) is 31.1 Å². The summed E-state index contributed by atoms with van der Waals surface area (Å²) in [7, 11) is -3.20. The number of phenolic OH excluding ortho intramolecular Hbond substituents is 1. The monoisotopic (exact) mass is 539 g/mol. The third kappa shape index (κ3) is 5.56. The lowest BCUT2D eigenvalue weighted by Crippen LogP contribution is -2.12. The molecule has 0 saturated carbocycles. The molecule has 0 aliphatic rings. The van der Waals surface area contributed by atoms with E-state index in [9.17, 15) is 22.9 Å². The van der Waals surface area contributed by atoms with E-state index in [-0.39, 0.29) is 22.0 Å². The van der Waals surface area contributed by atoms with Crippen molar-refractivity contribution in [2.75, 3.05) is 12.4 Å². The maximum Gasteiger partial charge on any atom is 0.298 e. The number of carbonyl (C=O) groups is 1. The van der Waals surface area contributed by atoms with Crippen molar-refractivity contribution in [3.63, 3.8) is 0 Å². The van der Waals surface area contributed by atoms with Crippen LogP contribution >= 0.6 is 11.6 Å². The van der Waals surface area contributed by atoms with E-state index < -0.39 is 26.7 Å². The molecule has 0 heterocycles. The Balaban J connectivity index is 1.83. The normalized spacial score (nSPS) is 11.7. The average Bonchev–Trinajstić information content (AvgIpc) is 2.87. The number of aryl methyl sites for hydroxylation is 1. The van der Waals surface area contributed by atoms with Gasteiger partial charge in [0.15, 0.2) is 5.75 Å². The highest BCUT2D eigenvalue weighted by Crippen LogP contribution is 2.41. The summed E-state index contributed by atoms with van der Waals surface area (Å²) in [5.41, 5.74) is 0.804. The molecule has 0 radical (unpaired) electrons. The SMILES string of the molecule is CCc1cc(Cl)c(S(=O)(=O)O)c(N=Nc2c(O)c(C(=O)Nc3ccc(OC)cc3)cc3ccccc23)c1. The Bertz CT molecular complexity index is 1640. The summed E-state index contributed by atoms with van der Waals surface area (Å²) in [6, 6.07) is 17.9. The van der Waals surface area contributed by atoms with Gasteiger partial charge in [-0.3, -0.25) is 9.35 Å². The number of fused-ring (bicyclic) bond motifs is 1. The molecule has 11 heteroatoms. The number of aromatic hydroxyl groups is 1. The Labute approximate surface area is 218 Å². The van der Waals surface area contributed by atoms with Gasteiger partial charge in [-0.25, -0.2) is 0 Å². The third-order valence-corrected chi connectivity index (χ3v) is 6.95. The van der Waals surface area contributed by atoms with Crippen LogP contribution < -0.4 is 10.1 Å². The first-order chi connectivity index (χ1) is 17.6. The first-order valence-electron chi connectivity index (χ1n) is 11.0. The molecular weight excluding hydrogens is 518 g/mol. The maximum absolute atomic E-state index is 13.1. The number of rotatable bonds is 7. The Morgan fingerprint density at radius 3 is 2.41 bits per heavy atom. The molecule has 0 spiro atoms. The lowest BCUT2D eigenvalue weighted by atomic mass is 10.0. The number of hydrogen-bond acceptors (Lipinski definition) is 7. The van der Waals surface area contributed by atoms with E-state index in [4.69, 9.17) is 16.3 Å². The molecule has 0 aliphatic carbocycles. The van der Waals surface area contributed by atoms with Crippen LogP contribution in [0.15, 0.2) is 81.9 Å². The van der Waals surface area contributed by atoms with Crippen molar-refractivity contribution < 1.29 is 27.6 Å². The zero-order valence-electron chi connectivity index (χ0n) is 19.8. The Hall–Kier alpha value is -3.99. The minimum Gasteiger partial charge on any atom is -0.505 e. The summed E-state index contributed by atoms with van der Waals surface area (Å²) >= 11 is 6.12. The minimum atomic E-state index is -4.73. The van der Waals surface area contributed by atoms with Gasteiger partial charge in [-0.2, -0.15) is 8.42 Å². The Morgan fingerprint density at radius 1 is 1.05 bits per heavy atom. The molecule has 0 saturated heterocycles. The Morgan fingerprint density at radius 2 is 1.76 bits per heavy atom. The van der Waals surface area contributed by atoms with Gasteiger partial charge in [0, 0.05) is 11.1 Å². The molecule has 9 nitrogen and oxygen atoms in total.